The molecule has 3 nitrogen and oxygen atoms in total. The van der Waals surface area contributed by atoms with Crippen molar-refractivity contribution in [3.05, 3.63) is 0 Å². The maximum absolute atomic E-state index is 12.4. The molecular formula is C9H15F3N2O. The fourth-order valence-corrected chi connectivity index (χ4v) is 1.81. The molecule has 1 amide bonds. The number of hydrogen-bond donors (Lipinski definition) is 1. The number of piperidine rings is 1. The van der Waals surface area contributed by atoms with E-state index >= 15 is 0 Å². The van der Waals surface area contributed by atoms with Gasteiger partial charge in [0.25, 0.3) is 0 Å². The fraction of sp³-hybridized carbons (Fsp3) is 0.889. The van der Waals surface area contributed by atoms with Crippen molar-refractivity contribution >= 4 is 5.91 Å². The molecule has 0 unspecified atom stereocenters. The highest BCUT2D eigenvalue weighted by Crippen LogP contribution is 2.33. The van der Waals surface area contributed by atoms with Gasteiger partial charge in [-0.1, -0.05) is 0 Å². The van der Waals surface area contributed by atoms with Crippen LogP contribution in [0.25, 0.3) is 0 Å². The Hall–Kier alpha value is -0.780. The monoisotopic (exact) mass is 224 g/mol. The standard InChI is InChI=1S/C9H15F3N2O/c1-6(8(13)15)14-4-2-3-7(5-14)9(10,11)12/h6-7H,2-5H2,1H3,(H2,13,15)/t6-,7-/m0/s1. The maximum Gasteiger partial charge on any atom is 0.393 e. The van der Waals surface area contributed by atoms with Crippen molar-refractivity contribution in [1.82, 2.24) is 4.90 Å². The SMILES string of the molecule is C[C@@H](C(N)=O)N1CCC[C@H](C(F)(F)F)C1. The summed E-state index contributed by atoms with van der Waals surface area (Å²) in [5.41, 5.74) is 5.06. The van der Waals surface area contributed by atoms with Crippen LogP contribution < -0.4 is 5.73 Å². The Labute approximate surface area is 86.4 Å². The van der Waals surface area contributed by atoms with E-state index in [1.54, 1.807) is 6.92 Å². The number of carbonyl (C=O) groups is 1. The molecule has 1 saturated heterocycles. The number of nitrogens with zero attached hydrogens (tertiary/aromatic N) is 1. The quantitative estimate of drug-likeness (QED) is 0.764. The molecule has 6 heteroatoms. The summed E-state index contributed by atoms with van der Waals surface area (Å²) in [7, 11) is 0. The second kappa shape index (κ2) is 4.38. The van der Waals surface area contributed by atoms with Gasteiger partial charge < -0.3 is 5.73 Å². The van der Waals surface area contributed by atoms with Crippen LogP contribution in [0.3, 0.4) is 0 Å². The van der Waals surface area contributed by atoms with E-state index in [0.717, 1.165) is 0 Å². The zero-order chi connectivity index (χ0) is 11.6. The van der Waals surface area contributed by atoms with Crippen molar-refractivity contribution in [2.75, 3.05) is 13.1 Å². The molecule has 0 aliphatic carbocycles. The Kier molecular flexibility index (Phi) is 3.59. The number of rotatable bonds is 2. The van der Waals surface area contributed by atoms with Crippen molar-refractivity contribution in [1.29, 1.82) is 0 Å². The van der Waals surface area contributed by atoms with E-state index in [1.807, 2.05) is 0 Å². The minimum atomic E-state index is -4.17. The molecule has 0 aromatic carbocycles. The number of carbonyl (C=O) groups excluding carboxylic acids is 1. The first kappa shape index (κ1) is 12.3. The molecule has 88 valence electrons. The number of amides is 1. The van der Waals surface area contributed by atoms with E-state index in [4.69, 9.17) is 5.73 Å². The topological polar surface area (TPSA) is 46.3 Å². The van der Waals surface area contributed by atoms with Gasteiger partial charge in [-0.3, -0.25) is 9.69 Å². The van der Waals surface area contributed by atoms with Crippen molar-refractivity contribution in [3.63, 3.8) is 0 Å². The third-order valence-electron chi connectivity index (χ3n) is 2.88. The van der Waals surface area contributed by atoms with Gasteiger partial charge in [0.05, 0.1) is 12.0 Å². The average molecular weight is 224 g/mol. The van der Waals surface area contributed by atoms with Gasteiger partial charge in [-0.2, -0.15) is 13.2 Å². The molecular weight excluding hydrogens is 209 g/mol. The van der Waals surface area contributed by atoms with Crippen molar-refractivity contribution in [3.8, 4) is 0 Å². The first-order valence-electron chi connectivity index (χ1n) is 4.92. The lowest BCUT2D eigenvalue weighted by Gasteiger charge is -2.36. The second-order valence-electron chi connectivity index (χ2n) is 3.95. The molecule has 15 heavy (non-hydrogen) atoms. The zero-order valence-electron chi connectivity index (χ0n) is 8.55. The summed E-state index contributed by atoms with van der Waals surface area (Å²) in [5, 5.41) is 0. The van der Waals surface area contributed by atoms with Crippen LogP contribution in [-0.2, 0) is 4.79 Å². The second-order valence-corrected chi connectivity index (χ2v) is 3.95. The van der Waals surface area contributed by atoms with Crippen molar-refractivity contribution in [2.24, 2.45) is 11.7 Å². The van der Waals surface area contributed by atoms with E-state index in [0.29, 0.717) is 13.0 Å². The number of halogens is 3. The molecule has 2 N–H and O–H groups in total. The highest BCUT2D eigenvalue weighted by Gasteiger charge is 2.42. The number of alkyl halides is 3. The lowest BCUT2D eigenvalue weighted by Crippen LogP contribution is -2.50. The van der Waals surface area contributed by atoms with Gasteiger partial charge in [0, 0.05) is 6.54 Å². The molecule has 1 fully saturated rings. The van der Waals surface area contributed by atoms with Gasteiger partial charge in [-0.25, -0.2) is 0 Å². The normalized spacial score (nSPS) is 26.3. The van der Waals surface area contributed by atoms with Crippen LogP contribution in [0.5, 0.6) is 0 Å². The predicted molar refractivity (Wildman–Crippen MR) is 49.0 cm³/mol. The molecule has 1 rings (SSSR count). The van der Waals surface area contributed by atoms with Crippen LogP contribution in [0, 0.1) is 5.92 Å². The summed E-state index contributed by atoms with van der Waals surface area (Å²) in [6.07, 6.45) is -3.57. The Balaban J connectivity index is 2.60. The average Bonchev–Trinajstić information content (AvgIpc) is 2.15. The van der Waals surface area contributed by atoms with E-state index in [9.17, 15) is 18.0 Å². The molecule has 0 bridgehead atoms. The lowest BCUT2D eigenvalue weighted by atomic mass is 9.96. The highest BCUT2D eigenvalue weighted by atomic mass is 19.4. The molecule has 0 aromatic rings. The largest absolute Gasteiger partial charge is 0.393 e. The van der Waals surface area contributed by atoms with Gasteiger partial charge in [0.15, 0.2) is 0 Å². The summed E-state index contributed by atoms with van der Waals surface area (Å²) < 4.78 is 37.3. The number of nitrogens with two attached hydrogens (primary N) is 1. The molecule has 0 saturated carbocycles. The van der Waals surface area contributed by atoms with Gasteiger partial charge >= 0.3 is 6.18 Å². The minimum absolute atomic E-state index is 0.117. The van der Waals surface area contributed by atoms with E-state index < -0.39 is 24.0 Å². The molecule has 0 aromatic heterocycles. The van der Waals surface area contributed by atoms with Crippen LogP contribution in [0.1, 0.15) is 19.8 Å². The van der Waals surface area contributed by atoms with Gasteiger partial charge in [0.2, 0.25) is 5.91 Å². The predicted octanol–water partition coefficient (Wildman–Crippen LogP) is 1.13. The zero-order valence-corrected chi connectivity index (χ0v) is 8.55. The summed E-state index contributed by atoms with van der Waals surface area (Å²) in [6, 6.07) is -0.616. The Morgan fingerprint density at radius 2 is 2.13 bits per heavy atom. The molecule has 1 aliphatic heterocycles. The number of likely N-dealkylation sites (tertiary alicyclic amines) is 1. The van der Waals surface area contributed by atoms with E-state index in [1.165, 1.54) is 4.90 Å². The van der Waals surface area contributed by atoms with E-state index in [-0.39, 0.29) is 13.0 Å². The van der Waals surface area contributed by atoms with Crippen molar-refractivity contribution < 1.29 is 18.0 Å². The number of primary amides is 1. The van der Waals surface area contributed by atoms with Crippen molar-refractivity contribution in [2.45, 2.75) is 32.0 Å². The summed E-state index contributed by atoms with van der Waals surface area (Å²) in [5.74, 6) is -1.90. The summed E-state index contributed by atoms with van der Waals surface area (Å²) in [4.78, 5) is 12.4. The van der Waals surface area contributed by atoms with Gasteiger partial charge in [-0.05, 0) is 26.3 Å². The van der Waals surface area contributed by atoms with Crippen LogP contribution >= 0.6 is 0 Å². The smallest absolute Gasteiger partial charge is 0.368 e. The van der Waals surface area contributed by atoms with Crippen LogP contribution in [0.2, 0.25) is 0 Å². The van der Waals surface area contributed by atoms with Crippen LogP contribution in [-0.4, -0.2) is 36.1 Å². The summed E-state index contributed by atoms with van der Waals surface area (Å²) >= 11 is 0. The molecule has 1 heterocycles. The van der Waals surface area contributed by atoms with Crippen LogP contribution in [0.15, 0.2) is 0 Å². The fourth-order valence-electron chi connectivity index (χ4n) is 1.81. The number of hydrogen-bond acceptors (Lipinski definition) is 2. The first-order chi connectivity index (χ1) is 6.82. The minimum Gasteiger partial charge on any atom is -0.368 e. The Morgan fingerprint density at radius 1 is 1.53 bits per heavy atom. The van der Waals surface area contributed by atoms with Crippen LogP contribution in [0.4, 0.5) is 13.2 Å². The third-order valence-corrected chi connectivity index (χ3v) is 2.88. The summed E-state index contributed by atoms with van der Waals surface area (Å²) in [6.45, 7) is 1.94. The third kappa shape index (κ3) is 3.09. The lowest BCUT2D eigenvalue weighted by molar-refractivity contribution is -0.188. The molecule has 1 aliphatic rings. The molecule has 2 atom stereocenters. The Morgan fingerprint density at radius 3 is 2.60 bits per heavy atom. The Bertz CT molecular complexity index is 242. The van der Waals surface area contributed by atoms with Gasteiger partial charge in [0.1, 0.15) is 0 Å². The van der Waals surface area contributed by atoms with Gasteiger partial charge in [-0.15, -0.1) is 0 Å². The van der Waals surface area contributed by atoms with E-state index in [2.05, 4.69) is 0 Å². The maximum atomic E-state index is 12.4. The highest BCUT2D eigenvalue weighted by molar-refractivity contribution is 5.79. The first-order valence-corrected chi connectivity index (χ1v) is 4.92. The molecule has 0 spiro atoms. The molecule has 0 radical (unpaired) electrons.